The van der Waals surface area contributed by atoms with Crippen LogP contribution < -0.4 is 10.9 Å². The predicted molar refractivity (Wildman–Crippen MR) is 130 cm³/mol. The molecular formula is C25H30N6O3. The minimum absolute atomic E-state index is 0.0826. The normalized spacial score (nSPS) is 18.4. The molecule has 9 nitrogen and oxygen atoms in total. The summed E-state index contributed by atoms with van der Waals surface area (Å²) in [4.78, 5) is 28.6. The number of nitrogens with one attached hydrogen (secondary N) is 2. The van der Waals surface area contributed by atoms with Gasteiger partial charge in [0.25, 0.3) is 5.56 Å². The van der Waals surface area contributed by atoms with Crippen molar-refractivity contribution in [3.63, 3.8) is 0 Å². The molecule has 2 aromatic heterocycles. The van der Waals surface area contributed by atoms with Crippen molar-refractivity contribution in [2.24, 2.45) is 5.92 Å². The highest BCUT2D eigenvalue weighted by Gasteiger charge is 2.30. The Bertz CT molecular complexity index is 1300. The van der Waals surface area contributed by atoms with Crippen LogP contribution in [-0.2, 0) is 6.54 Å². The number of anilines is 2. The minimum atomic E-state index is -0.985. The van der Waals surface area contributed by atoms with E-state index in [2.05, 4.69) is 16.4 Å². The van der Waals surface area contributed by atoms with E-state index in [1.807, 2.05) is 55.8 Å². The van der Waals surface area contributed by atoms with E-state index < -0.39 is 11.6 Å². The number of benzene rings is 1. The van der Waals surface area contributed by atoms with E-state index in [0.717, 1.165) is 31.2 Å². The van der Waals surface area contributed by atoms with Crippen LogP contribution in [-0.4, -0.2) is 36.4 Å². The summed E-state index contributed by atoms with van der Waals surface area (Å²) in [5, 5.41) is 27.8. The molecular weight excluding hydrogens is 432 g/mol. The van der Waals surface area contributed by atoms with Gasteiger partial charge in [0.2, 0.25) is 0 Å². The van der Waals surface area contributed by atoms with E-state index in [9.17, 15) is 20.0 Å². The SMILES string of the molecule is CC(C)(C)N(Cc1cccc(Nc2nn(C3CCCCC3C#N)c3cc[nH]c(=O)c23)c1)C(=O)O. The highest BCUT2D eigenvalue weighted by Crippen LogP contribution is 2.36. The molecule has 0 aliphatic heterocycles. The number of hydrogen-bond acceptors (Lipinski definition) is 5. The lowest BCUT2D eigenvalue weighted by atomic mass is 9.85. The first-order valence-electron chi connectivity index (χ1n) is 11.5. The third kappa shape index (κ3) is 4.62. The van der Waals surface area contributed by atoms with E-state index in [0.29, 0.717) is 22.4 Å². The number of fused-ring (bicyclic) bond motifs is 1. The third-order valence-electron chi connectivity index (χ3n) is 6.41. The topological polar surface area (TPSA) is 127 Å². The molecule has 1 aromatic carbocycles. The number of aromatic amines is 1. The first-order valence-corrected chi connectivity index (χ1v) is 11.5. The first-order chi connectivity index (χ1) is 16.2. The van der Waals surface area contributed by atoms with E-state index in [-0.39, 0.29) is 24.1 Å². The van der Waals surface area contributed by atoms with Gasteiger partial charge in [-0.1, -0.05) is 25.0 Å². The van der Waals surface area contributed by atoms with Crippen molar-refractivity contribution in [1.82, 2.24) is 19.7 Å². The minimum Gasteiger partial charge on any atom is -0.465 e. The Morgan fingerprint density at radius 2 is 2.09 bits per heavy atom. The van der Waals surface area contributed by atoms with E-state index >= 15 is 0 Å². The zero-order valence-corrected chi connectivity index (χ0v) is 19.7. The second-order valence-corrected chi connectivity index (χ2v) is 9.81. The van der Waals surface area contributed by atoms with Gasteiger partial charge in [0.1, 0.15) is 5.39 Å². The van der Waals surface area contributed by atoms with Crippen molar-refractivity contribution in [1.29, 1.82) is 5.26 Å². The number of carboxylic acid groups (broad SMARTS) is 1. The highest BCUT2D eigenvalue weighted by atomic mass is 16.4. The Morgan fingerprint density at radius 3 is 2.79 bits per heavy atom. The van der Waals surface area contributed by atoms with Gasteiger partial charge in [-0.15, -0.1) is 0 Å². The summed E-state index contributed by atoms with van der Waals surface area (Å²) >= 11 is 0. The van der Waals surface area contributed by atoms with Crippen molar-refractivity contribution in [3.05, 3.63) is 52.4 Å². The fourth-order valence-corrected chi connectivity index (χ4v) is 4.65. The third-order valence-corrected chi connectivity index (χ3v) is 6.41. The molecule has 9 heteroatoms. The molecule has 178 valence electrons. The Balaban J connectivity index is 1.70. The van der Waals surface area contributed by atoms with Crippen LogP contribution in [0, 0.1) is 17.2 Å². The number of amides is 1. The standard InChI is InChI=1S/C25H30N6O3/c1-25(2,3)30(24(33)34)15-16-7-6-9-18(13-16)28-22-21-20(11-12-27-23(21)32)31(29-22)19-10-5-4-8-17(19)14-26/h6-7,9,11-13,17,19H,4-5,8,10,15H2,1-3H3,(H,27,32)(H,28,29)(H,33,34). The van der Waals surface area contributed by atoms with E-state index in [4.69, 9.17) is 5.10 Å². The Kier molecular flexibility index (Phi) is 6.33. The lowest BCUT2D eigenvalue weighted by molar-refractivity contribution is 0.0955. The Morgan fingerprint density at radius 1 is 1.32 bits per heavy atom. The fraction of sp³-hybridized carbons (Fsp3) is 0.440. The Hall–Kier alpha value is -3.80. The first kappa shape index (κ1) is 23.4. The number of hydrogen-bond donors (Lipinski definition) is 3. The summed E-state index contributed by atoms with van der Waals surface area (Å²) in [6.07, 6.45) is 4.32. The van der Waals surface area contributed by atoms with Crippen LogP contribution in [0.2, 0.25) is 0 Å². The van der Waals surface area contributed by atoms with Crippen LogP contribution in [0.5, 0.6) is 0 Å². The maximum atomic E-state index is 12.7. The molecule has 3 N–H and O–H groups in total. The van der Waals surface area contributed by atoms with Gasteiger partial charge >= 0.3 is 6.09 Å². The van der Waals surface area contributed by atoms with Gasteiger partial charge in [-0.25, -0.2) is 4.79 Å². The van der Waals surface area contributed by atoms with Crippen LogP contribution in [0.25, 0.3) is 10.9 Å². The summed E-state index contributed by atoms with van der Waals surface area (Å²) in [7, 11) is 0. The molecule has 1 amide bonds. The number of pyridine rings is 1. The summed E-state index contributed by atoms with van der Waals surface area (Å²) in [6, 6.07) is 11.6. The predicted octanol–water partition coefficient (Wildman–Crippen LogP) is 5.00. The second kappa shape index (κ2) is 9.21. The van der Waals surface area contributed by atoms with Gasteiger partial charge in [0, 0.05) is 24.0 Å². The van der Waals surface area contributed by atoms with Gasteiger partial charge < -0.3 is 15.4 Å². The molecule has 2 atom stereocenters. The molecule has 0 radical (unpaired) electrons. The summed E-state index contributed by atoms with van der Waals surface area (Å²) in [5.74, 6) is 0.272. The molecule has 0 spiro atoms. The van der Waals surface area contributed by atoms with Crippen LogP contribution in [0.3, 0.4) is 0 Å². The smallest absolute Gasteiger partial charge is 0.408 e. The number of rotatable bonds is 5. The van der Waals surface area contributed by atoms with Crippen LogP contribution in [0.1, 0.15) is 58.1 Å². The molecule has 1 aliphatic rings. The molecule has 3 aromatic rings. The average Bonchev–Trinajstić information content (AvgIpc) is 3.16. The van der Waals surface area contributed by atoms with Gasteiger partial charge in [-0.3, -0.25) is 14.4 Å². The number of H-pyrrole nitrogens is 1. The molecule has 0 bridgehead atoms. The number of carbonyl (C=O) groups is 1. The number of nitriles is 1. The monoisotopic (exact) mass is 462 g/mol. The van der Waals surface area contributed by atoms with Gasteiger partial charge in [0.05, 0.1) is 23.5 Å². The van der Waals surface area contributed by atoms with Crippen LogP contribution in [0.15, 0.2) is 41.3 Å². The maximum absolute atomic E-state index is 12.7. The molecule has 34 heavy (non-hydrogen) atoms. The molecule has 4 rings (SSSR count). The summed E-state index contributed by atoms with van der Waals surface area (Å²) in [6.45, 7) is 5.80. The second-order valence-electron chi connectivity index (χ2n) is 9.81. The molecule has 2 unspecified atom stereocenters. The highest BCUT2D eigenvalue weighted by molar-refractivity contribution is 5.91. The lowest BCUT2D eigenvalue weighted by Gasteiger charge is -2.33. The van der Waals surface area contributed by atoms with E-state index in [1.54, 1.807) is 6.20 Å². The van der Waals surface area contributed by atoms with E-state index in [1.165, 1.54) is 4.90 Å². The number of aromatic nitrogens is 3. The number of nitrogens with zero attached hydrogens (tertiary/aromatic N) is 4. The van der Waals surface area contributed by atoms with Gasteiger partial charge in [-0.05, 0) is 57.4 Å². The summed E-state index contributed by atoms with van der Waals surface area (Å²) in [5.41, 5.74) is 1.41. The molecule has 1 fully saturated rings. The van der Waals surface area contributed by atoms with Crippen LogP contribution in [0.4, 0.5) is 16.3 Å². The zero-order valence-electron chi connectivity index (χ0n) is 19.7. The molecule has 1 saturated carbocycles. The quantitative estimate of drug-likeness (QED) is 0.490. The molecule has 1 aliphatic carbocycles. The van der Waals surface area contributed by atoms with Crippen molar-refractivity contribution >= 4 is 28.5 Å². The van der Waals surface area contributed by atoms with Crippen molar-refractivity contribution < 1.29 is 9.90 Å². The lowest BCUT2D eigenvalue weighted by Crippen LogP contribution is -2.44. The van der Waals surface area contributed by atoms with Crippen molar-refractivity contribution in [2.45, 2.75) is 64.6 Å². The molecule has 2 heterocycles. The fourth-order valence-electron chi connectivity index (χ4n) is 4.65. The average molecular weight is 463 g/mol. The largest absolute Gasteiger partial charge is 0.465 e. The summed E-state index contributed by atoms with van der Waals surface area (Å²) < 4.78 is 1.83. The van der Waals surface area contributed by atoms with Gasteiger partial charge in [0.15, 0.2) is 5.82 Å². The van der Waals surface area contributed by atoms with Crippen molar-refractivity contribution in [2.75, 3.05) is 5.32 Å². The Labute approximate surface area is 198 Å². The van der Waals surface area contributed by atoms with Crippen LogP contribution >= 0.6 is 0 Å². The zero-order chi connectivity index (χ0) is 24.5. The maximum Gasteiger partial charge on any atom is 0.408 e. The van der Waals surface area contributed by atoms with Crippen molar-refractivity contribution in [3.8, 4) is 6.07 Å². The van der Waals surface area contributed by atoms with Gasteiger partial charge in [-0.2, -0.15) is 10.4 Å². The molecule has 0 saturated heterocycles.